The zero-order valence-electron chi connectivity index (χ0n) is 20.5. The lowest BCUT2D eigenvalue weighted by molar-refractivity contribution is 0.0669. The van der Waals surface area contributed by atoms with Gasteiger partial charge in [0.15, 0.2) is 5.13 Å². The molecule has 4 rings (SSSR count). The molecule has 182 valence electrons. The van der Waals surface area contributed by atoms with Crippen molar-refractivity contribution in [1.29, 1.82) is 0 Å². The molecule has 0 saturated carbocycles. The second kappa shape index (κ2) is 10.7. The van der Waals surface area contributed by atoms with Gasteiger partial charge in [-0.25, -0.2) is 9.97 Å². The highest BCUT2D eigenvalue weighted by Gasteiger charge is 2.26. The van der Waals surface area contributed by atoms with Gasteiger partial charge in [0.25, 0.3) is 5.91 Å². The van der Waals surface area contributed by atoms with E-state index in [0.29, 0.717) is 24.4 Å². The van der Waals surface area contributed by atoms with Crippen molar-refractivity contribution in [1.82, 2.24) is 19.8 Å². The third-order valence-corrected chi connectivity index (χ3v) is 7.44. The van der Waals surface area contributed by atoms with Gasteiger partial charge < -0.3 is 19.9 Å². The van der Waals surface area contributed by atoms with Gasteiger partial charge in [0.05, 0.1) is 12.7 Å². The quantitative estimate of drug-likeness (QED) is 0.438. The van der Waals surface area contributed by atoms with Gasteiger partial charge in [0.2, 0.25) is 0 Å². The van der Waals surface area contributed by atoms with Crippen molar-refractivity contribution in [3.63, 3.8) is 0 Å². The van der Waals surface area contributed by atoms with Crippen LogP contribution in [0.5, 0.6) is 5.75 Å². The number of carbonyl (C=O) groups excluding carboxylic acids is 1. The number of allylic oxidation sites excluding steroid dienone is 1. The van der Waals surface area contributed by atoms with Crippen molar-refractivity contribution in [2.45, 2.75) is 19.8 Å². The molecule has 7 nitrogen and oxygen atoms in total. The summed E-state index contributed by atoms with van der Waals surface area (Å²) in [6.07, 6.45) is 5.39. The topological polar surface area (TPSA) is 70.6 Å². The van der Waals surface area contributed by atoms with E-state index in [4.69, 9.17) is 4.74 Å². The standard InChI is InChI=1S/C27H31N5O2S/c1-6-19(3)31-11-13-32(14-12-31)26(33)22-16-21(18(2)15-23(22)34-5)20(4)24-17-29-27(35-24)30-25-9-7-8-10-28-25/h6-10,15-17,20H,1,3,11-14H2,2,4-5H3,(H,28,29,30). The van der Waals surface area contributed by atoms with Crippen molar-refractivity contribution in [3.8, 4) is 5.75 Å². The molecule has 1 aromatic carbocycles. The number of ether oxygens (including phenoxy) is 1. The third kappa shape index (κ3) is 5.38. The zero-order chi connectivity index (χ0) is 24.9. The molecule has 0 bridgehead atoms. The van der Waals surface area contributed by atoms with Crippen LogP contribution in [0.25, 0.3) is 0 Å². The summed E-state index contributed by atoms with van der Waals surface area (Å²) in [4.78, 5) is 27.5. The third-order valence-electron chi connectivity index (χ3n) is 6.34. The Morgan fingerprint density at radius 1 is 1.20 bits per heavy atom. The molecule has 1 aliphatic heterocycles. The van der Waals surface area contributed by atoms with Gasteiger partial charge >= 0.3 is 0 Å². The molecular weight excluding hydrogens is 458 g/mol. The Morgan fingerprint density at radius 2 is 1.94 bits per heavy atom. The molecule has 1 N–H and O–H groups in total. The fraction of sp³-hybridized carbons (Fsp3) is 0.296. The highest BCUT2D eigenvalue weighted by Crippen LogP contribution is 2.36. The first kappa shape index (κ1) is 24.5. The Labute approximate surface area is 210 Å². The first-order valence-corrected chi connectivity index (χ1v) is 12.4. The summed E-state index contributed by atoms with van der Waals surface area (Å²) >= 11 is 1.59. The van der Waals surface area contributed by atoms with E-state index in [2.05, 4.69) is 47.2 Å². The molecule has 3 aromatic rings. The molecule has 1 unspecified atom stereocenters. The number of hydrogen-bond donors (Lipinski definition) is 1. The van der Waals surface area contributed by atoms with Gasteiger partial charge in [0, 0.05) is 55.1 Å². The fourth-order valence-electron chi connectivity index (χ4n) is 4.24. The van der Waals surface area contributed by atoms with Crippen molar-refractivity contribution < 1.29 is 9.53 Å². The Bertz CT molecular complexity index is 1220. The second-order valence-electron chi connectivity index (χ2n) is 8.51. The first-order valence-electron chi connectivity index (χ1n) is 11.6. The minimum atomic E-state index is -0.0130. The molecule has 1 fully saturated rings. The fourth-order valence-corrected chi connectivity index (χ4v) is 5.13. The summed E-state index contributed by atoms with van der Waals surface area (Å²) < 4.78 is 5.61. The van der Waals surface area contributed by atoms with Gasteiger partial charge in [-0.15, -0.1) is 11.3 Å². The van der Waals surface area contributed by atoms with Gasteiger partial charge in [-0.1, -0.05) is 26.1 Å². The average molecular weight is 490 g/mol. The number of hydrogen-bond acceptors (Lipinski definition) is 7. The van der Waals surface area contributed by atoms with Crippen LogP contribution in [0, 0.1) is 6.92 Å². The molecule has 3 heterocycles. The molecule has 1 atom stereocenters. The predicted molar refractivity (Wildman–Crippen MR) is 142 cm³/mol. The van der Waals surface area contributed by atoms with Crippen LogP contribution in [0.3, 0.4) is 0 Å². The van der Waals surface area contributed by atoms with E-state index < -0.39 is 0 Å². The van der Waals surface area contributed by atoms with E-state index in [9.17, 15) is 4.79 Å². The number of anilines is 2. The van der Waals surface area contributed by atoms with Crippen LogP contribution >= 0.6 is 11.3 Å². The Hall–Kier alpha value is -3.65. The van der Waals surface area contributed by atoms with Crippen LogP contribution in [-0.4, -0.2) is 59.0 Å². The number of pyridine rings is 1. The number of aromatic nitrogens is 2. The second-order valence-corrected chi connectivity index (χ2v) is 9.58. The lowest BCUT2D eigenvalue weighted by Gasteiger charge is -2.36. The predicted octanol–water partition coefficient (Wildman–Crippen LogP) is 5.21. The molecule has 1 saturated heterocycles. The number of thiazole rings is 1. The molecule has 35 heavy (non-hydrogen) atoms. The molecule has 0 radical (unpaired) electrons. The number of rotatable bonds is 8. The minimum absolute atomic E-state index is 0.0130. The molecule has 1 amide bonds. The van der Waals surface area contributed by atoms with Crippen molar-refractivity contribution in [2.24, 2.45) is 0 Å². The van der Waals surface area contributed by atoms with Crippen molar-refractivity contribution in [3.05, 3.63) is 89.2 Å². The van der Waals surface area contributed by atoms with E-state index in [-0.39, 0.29) is 11.8 Å². The van der Waals surface area contributed by atoms with Crippen LogP contribution in [-0.2, 0) is 0 Å². The highest BCUT2D eigenvalue weighted by molar-refractivity contribution is 7.15. The van der Waals surface area contributed by atoms with Gasteiger partial charge in [0.1, 0.15) is 11.6 Å². The van der Waals surface area contributed by atoms with Crippen LogP contribution in [0.4, 0.5) is 10.9 Å². The van der Waals surface area contributed by atoms with Crippen LogP contribution in [0.2, 0.25) is 0 Å². The average Bonchev–Trinajstić information content (AvgIpc) is 3.36. The van der Waals surface area contributed by atoms with Crippen molar-refractivity contribution >= 4 is 28.2 Å². The number of piperazine rings is 1. The SMILES string of the molecule is C=CC(=C)N1CCN(C(=O)c2cc(C(C)c3cnc(Nc4ccccn4)s3)c(C)cc2OC)CC1. The van der Waals surface area contributed by atoms with E-state index >= 15 is 0 Å². The van der Waals surface area contributed by atoms with Crippen LogP contribution in [0.15, 0.2) is 67.7 Å². The molecule has 0 spiro atoms. The maximum Gasteiger partial charge on any atom is 0.257 e. The van der Waals surface area contributed by atoms with Gasteiger partial charge in [-0.3, -0.25) is 4.79 Å². The number of carbonyl (C=O) groups is 1. The minimum Gasteiger partial charge on any atom is -0.496 e. The maximum absolute atomic E-state index is 13.5. The van der Waals surface area contributed by atoms with Crippen molar-refractivity contribution in [2.75, 3.05) is 38.6 Å². The summed E-state index contributed by atoms with van der Waals surface area (Å²) in [5.41, 5.74) is 3.64. The van der Waals surface area contributed by atoms with Gasteiger partial charge in [-0.2, -0.15) is 0 Å². The number of nitrogens with one attached hydrogen (secondary N) is 1. The number of aryl methyl sites for hydroxylation is 1. The molecular formula is C27H31N5O2S. The van der Waals surface area contributed by atoms with Crippen LogP contribution in [0.1, 0.15) is 39.2 Å². The smallest absolute Gasteiger partial charge is 0.257 e. The molecule has 8 heteroatoms. The summed E-state index contributed by atoms with van der Waals surface area (Å²) in [6, 6.07) is 9.67. The molecule has 2 aromatic heterocycles. The highest BCUT2D eigenvalue weighted by atomic mass is 32.1. The lowest BCUT2D eigenvalue weighted by atomic mass is 9.92. The first-order chi connectivity index (χ1) is 16.9. The number of methoxy groups -OCH3 is 1. The summed E-state index contributed by atoms with van der Waals surface area (Å²) in [5.74, 6) is 1.41. The number of amides is 1. The largest absolute Gasteiger partial charge is 0.496 e. The summed E-state index contributed by atoms with van der Waals surface area (Å²) in [5, 5.41) is 4.04. The number of benzene rings is 1. The molecule has 1 aliphatic rings. The molecule has 0 aliphatic carbocycles. The van der Waals surface area contributed by atoms with E-state index in [1.165, 1.54) is 0 Å². The monoisotopic (exact) mass is 489 g/mol. The van der Waals surface area contributed by atoms with E-state index in [0.717, 1.165) is 45.7 Å². The van der Waals surface area contributed by atoms with Crippen LogP contribution < -0.4 is 10.1 Å². The van der Waals surface area contributed by atoms with E-state index in [1.54, 1.807) is 30.7 Å². The maximum atomic E-state index is 13.5. The van der Waals surface area contributed by atoms with E-state index in [1.807, 2.05) is 41.4 Å². The normalized spacial score (nSPS) is 14.4. The number of nitrogens with zero attached hydrogens (tertiary/aromatic N) is 4. The Balaban J connectivity index is 1.55. The Kier molecular flexibility index (Phi) is 7.51. The summed E-state index contributed by atoms with van der Waals surface area (Å²) in [7, 11) is 1.61. The lowest BCUT2D eigenvalue weighted by Crippen LogP contribution is -2.48. The van der Waals surface area contributed by atoms with Gasteiger partial charge in [-0.05, 0) is 48.4 Å². The Morgan fingerprint density at radius 3 is 2.60 bits per heavy atom. The summed E-state index contributed by atoms with van der Waals surface area (Å²) in [6.45, 7) is 14.7. The zero-order valence-corrected chi connectivity index (χ0v) is 21.3.